The normalized spacial score (nSPS) is 21.4. The van der Waals surface area contributed by atoms with Gasteiger partial charge in [-0.3, -0.25) is 9.69 Å². The number of fused-ring (bicyclic) bond motifs is 2. The minimum Gasteiger partial charge on any atom is -0.319 e. The number of carbonyl (C=O) groups excluding carboxylic acids is 2. The van der Waals surface area contributed by atoms with E-state index in [0.29, 0.717) is 12.8 Å². The first kappa shape index (κ1) is 15.3. The molecule has 0 aromatic heterocycles. The molecule has 1 fully saturated rings. The van der Waals surface area contributed by atoms with Crippen LogP contribution in [0.4, 0.5) is 9.18 Å². The zero-order valence-corrected chi connectivity index (χ0v) is 13.3. The van der Waals surface area contributed by atoms with Crippen molar-refractivity contribution in [2.75, 3.05) is 0 Å². The van der Waals surface area contributed by atoms with Crippen LogP contribution in [0, 0.1) is 17.1 Å². The molecule has 2 aromatic rings. The minimum atomic E-state index is -1.04. The van der Waals surface area contributed by atoms with Crippen LogP contribution in [0.1, 0.15) is 28.7 Å². The van der Waals surface area contributed by atoms with Gasteiger partial charge in [0.25, 0.3) is 5.91 Å². The van der Waals surface area contributed by atoms with Crippen LogP contribution in [-0.2, 0) is 23.3 Å². The number of rotatable bonds is 2. The number of amides is 3. The summed E-state index contributed by atoms with van der Waals surface area (Å²) in [6.07, 6.45) is 1.21. The first-order valence-corrected chi connectivity index (χ1v) is 7.96. The van der Waals surface area contributed by atoms with Gasteiger partial charge in [-0.05, 0) is 36.1 Å². The number of halogens is 1. The Morgan fingerprint density at radius 2 is 2.04 bits per heavy atom. The van der Waals surface area contributed by atoms with Crippen molar-refractivity contribution < 1.29 is 14.0 Å². The van der Waals surface area contributed by atoms with Gasteiger partial charge in [0.15, 0.2) is 0 Å². The van der Waals surface area contributed by atoms with Crippen LogP contribution in [-0.4, -0.2) is 16.8 Å². The third-order valence-corrected chi connectivity index (χ3v) is 4.93. The fraction of sp³-hybridized carbons (Fsp3) is 0.211. The molecule has 5 nitrogen and oxygen atoms in total. The summed E-state index contributed by atoms with van der Waals surface area (Å²) in [7, 11) is 0. The summed E-state index contributed by atoms with van der Waals surface area (Å²) in [5.41, 5.74) is 1.21. The second-order valence-corrected chi connectivity index (χ2v) is 6.30. The van der Waals surface area contributed by atoms with Crippen LogP contribution in [0.2, 0.25) is 0 Å². The van der Waals surface area contributed by atoms with Crippen LogP contribution >= 0.6 is 0 Å². The fourth-order valence-electron chi connectivity index (χ4n) is 3.65. The molecule has 1 saturated heterocycles. The van der Waals surface area contributed by atoms with E-state index in [0.717, 1.165) is 22.1 Å². The van der Waals surface area contributed by atoms with E-state index < -0.39 is 17.4 Å². The Balaban J connectivity index is 1.67. The molecule has 1 unspecified atom stereocenters. The molecule has 2 aromatic carbocycles. The zero-order chi connectivity index (χ0) is 17.6. The lowest BCUT2D eigenvalue weighted by Crippen LogP contribution is -2.41. The number of aryl methyl sites for hydroxylation is 1. The summed E-state index contributed by atoms with van der Waals surface area (Å²) in [6, 6.07) is 12.9. The highest BCUT2D eigenvalue weighted by Crippen LogP contribution is 2.41. The number of imide groups is 1. The lowest BCUT2D eigenvalue weighted by Gasteiger charge is -2.22. The van der Waals surface area contributed by atoms with E-state index >= 15 is 0 Å². The molecular formula is C19H14FN3O2. The van der Waals surface area contributed by atoms with E-state index in [1.807, 2.05) is 30.3 Å². The Hall–Kier alpha value is -3.20. The number of hydrogen-bond donors (Lipinski definition) is 1. The van der Waals surface area contributed by atoms with Gasteiger partial charge in [0.05, 0.1) is 18.2 Å². The van der Waals surface area contributed by atoms with Gasteiger partial charge in [-0.1, -0.05) is 30.3 Å². The zero-order valence-electron chi connectivity index (χ0n) is 13.3. The molecule has 124 valence electrons. The van der Waals surface area contributed by atoms with Crippen molar-refractivity contribution >= 4 is 11.9 Å². The van der Waals surface area contributed by atoms with E-state index in [9.17, 15) is 14.0 Å². The molecule has 0 bridgehead atoms. The van der Waals surface area contributed by atoms with Gasteiger partial charge < -0.3 is 5.32 Å². The van der Waals surface area contributed by atoms with Gasteiger partial charge in [-0.25, -0.2) is 9.18 Å². The monoisotopic (exact) mass is 335 g/mol. The quantitative estimate of drug-likeness (QED) is 0.857. The van der Waals surface area contributed by atoms with Gasteiger partial charge in [-0.15, -0.1) is 0 Å². The third kappa shape index (κ3) is 2.20. The predicted octanol–water partition coefficient (Wildman–Crippen LogP) is 2.59. The summed E-state index contributed by atoms with van der Waals surface area (Å²) >= 11 is 0. The number of nitriles is 1. The van der Waals surface area contributed by atoms with E-state index in [1.165, 1.54) is 12.1 Å². The average molecular weight is 335 g/mol. The van der Waals surface area contributed by atoms with E-state index in [-0.39, 0.29) is 23.6 Å². The van der Waals surface area contributed by atoms with Crippen LogP contribution in [0.25, 0.3) is 0 Å². The molecule has 25 heavy (non-hydrogen) atoms. The number of nitrogens with zero attached hydrogens (tertiary/aromatic N) is 2. The van der Waals surface area contributed by atoms with Crippen molar-refractivity contribution in [1.82, 2.24) is 10.2 Å². The van der Waals surface area contributed by atoms with Crippen molar-refractivity contribution in [1.29, 1.82) is 5.26 Å². The smallest absolute Gasteiger partial charge is 0.319 e. The second-order valence-electron chi connectivity index (χ2n) is 6.30. The molecule has 0 saturated carbocycles. The standard InChI is InChI=1S/C19H14FN3O2/c20-16-9-12(10-21)5-6-14(16)11-23-17(24)19(22-18(23)25)8-7-13-3-1-2-4-15(13)19/h1-6,9H,7-8,11H2,(H,22,25). The molecule has 2 aliphatic rings. The van der Waals surface area contributed by atoms with Crippen molar-refractivity contribution in [2.45, 2.75) is 24.9 Å². The number of urea groups is 1. The van der Waals surface area contributed by atoms with Gasteiger partial charge in [-0.2, -0.15) is 5.26 Å². The molecule has 1 heterocycles. The maximum atomic E-state index is 14.1. The Labute approximate surface area is 143 Å². The molecule has 6 heteroatoms. The lowest BCUT2D eigenvalue weighted by molar-refractivity contribution is -0.132. The summed E-state index contributed by atoms with van der Waals surface area (Å²) in [6.45, 7) is -0.161. The number of carbonyl (C=O) groups is 2. The highest BCUT2D eigenvalue weighted by Gasteiger charge is 2.55. The first-order chi connectivity index (χ1) is 12.0. The van der Waals surface area contributed by atoms with E-state index in [4.69, 9.17) is 5.26 Å². The largest absolute Gasteiger partial charge is 0.325 e. The van der Waals surface area contributed by atoms with E-state index in [1.54, 1.807) is 0 Å². The molecule has 1 N–H and O–H groups in total. The second kappa shape index (κ2) is 5.42. The Kier molecular flexibility index (Phi) is 3.32. The molecule has 1 aliphatic carbocycles. The van der Waals surface area contributed by atoms with Gasteiger partial charge in [0.2, 0.25) is 0 Å². The van der Waals surface area contributed by atoms with Crippen LogP contribution < -0.4 is 5.32 Å². The van der Waals surface area contributed by atoms with Crippen LogP contribution in [0.3, 0.4) is 0 Å². The number of hydrogen-bond acceptors (Lipinski definition) is 3. The number of nitrogens with one attached hydrogen (secondary N) is 1. The van der Waals surface area contributed by atoms with Crippen molar-refractivity contribution in [3.05, 3.63) is 70.5 Å². The Morgan fingerprint density at radius 1 is 1.24 bits per heavy atom. The number of benzene rings is 2. The molecule has 3 amide bonds. The molecule has 4 rings (SSSR count). The maximum Gasteiger partial charge on any atom is 0.325 e. The first-order valence-electron chi connectivity index (χ1n) is 7.96. The molecule has 1 aliphatic heterocycles. The maximum absolute atomic E-state index is 14.1. The fourth-order valence-corrected chi connectivity index (χ4v) is 3.65. The van der Waals surface area contributed by atoms with Gasteiger partial charge in [0, 0.05) is 5.56 Å². The topological polar surface area (TPSA) is 73.2 Å². The molecule has 0 radical (unpaired) electrons. The summed E-state index contributed by atoms with van der Waals surface area (Å²) in [5.74, 6) is -0.960. The lowest BCUT2D eigenvalue weighted by atomic mass is 9.92. The Bertz CT molecular complexity index is 950. The third-order valence-electron chi connectivity index (χ3n) is 4.93. The summed E-state index contributed by atoms with van der Waals surface area (Å²) in [4.78, 5) is 26.5. The van der Waals surface area contributed by atoms with Crippen molar-refractivity contribution in [3.8, 4) is 6.07 Å². The predicted molar refractivity (Wildman–Crippen MR) is 86.6 cm³/mol. The van der Waals surface area contributed by atoms with E-state index in [2.05, 4.69) is 5.32 Å². The molecular weight excluding hydrogens is 321 g/mol. The van der Waals surface area contributed by atoms with Crippen molar-refractivity contribution in [2.24, 2.45) is 0 Å². The van der Waals surface area contributed by atoms with Crippen LogP contribution in [0.5, 0.6) is 0 Å². The highest BCUT2D eigenvalue weighted by molar-refractivity contribution is 6.08. The van der Waals surface area contributed by atoms with Gasteiger partial charge >= 0.3 is 6.03 Å². The minimum absolute atomic E-state index is 0.161. The average Bonchev–Trinajstić information content (AvgIpc) is 3.10. The Morgan fingerprint density at radius 3 is 2.80 bits per heavy atom. The van der Waals surface area contributed by atoms with Crippen LogP contribution in [0.15, 0.2) is 42.5 Å². The molecule has 1 spiro atoms. The molecule has 1 atom stereocenters. The SMILES string of the molecule is N#Cc1ccc(CN2C(=O)NC3(CCc4ccccc43)C2=O)c(F)c1. The summed E-state index contributed by atoms with van der Waals surface area (Å²) in [5, 5.41) is 11.6. The summed E-state index contributed by atoms with van der Waals surface area (Å²) < 4.78 is 14.1. The van der Waals surface area contributed by atoms with Crippen molar-refractivity contribution in [3.63, 3.8) is 0 Å². The van der Waals surface area contributed by atoms with Gasteiger partial charge in [0.1, 0.15) is 11.4 Å². The highest BCUT2D eigenvalue weighted by atomic mass is 19.1.